The zero-order valence-electron chi connectivity index (χ0n) is 12.0. The van der Waals surface area contributed by atoms with Gasteiger partial charge in [-0.05, 0) is 26.7 Å². The lowest BCUT2D eigenvalue weighted by atomic mass is 9.96. The average Bonchev–Trinajstić information content (AvgIpc) is 2.36. The van der Waals surface area contributed by atoms with Gasteiger partial charge < -0.3 is 10.7 Å². The maximum atomic E-state index is 5.50. The van der Waals surface area contributed by atoms with Crippen LogP contribution in [0.4, 0.5) is 11.6 Å². The quantitative estimate of drug-likeness (QED) is 0.577. The third-order valence-corrected chi connectivity index (χ3v) is 3.84. The Labute approximate surface area is 115 Å². The molecule has 5 nitrogen and oxygen atoms in total. The number of anilines is 2. The van der Waals surface area contributed by atoms with Gasteiger partial charge in [-0.25, -0.2) is 15.8 Å². The van der Waals surface area contributed by atoms with E-state index >= 15 is 0 Å². The van der Waals surface area contributed by atoms with E-state index in [1.807, 2.05) is 13.8 Å². The molecule has 0 aliphatic heterocycles. The lowest BCUT2D eigenvalue weighted by molar-refractivity contribution is 0.470. The van der Waals surface area contributed by atoms with Gasteiger partial charge in [-0.15, -0.1) is 0 Å². The summed E-state index contributed by atoms with van der Waals surface area (Å²) in [5, 5.41) is 3.59. The van der Waals surface area contributed by atoms with Crippen molar-refractivity contribution in [3.05, 3.63) is 11.4 Å². The number of nitrogen functional groups attached to an aromatic ring is 1. The van der Waals surface area contributed by atoms with E-state index in [-0.39, 0.29) is 0 Å². The molecule has 106 valence electrons. The summed E-state index contributed by atoms with van der Waals surface area (Å²) in [6.45, 7) is 3.89. The summed E-state index contributed by atoms with van der Waals surface area (Å²) in [5.74, 6) is 7.87. The minimum Gasteiger partial charge on any atom is -0.367 e. The highest BCUT2D eigenvalue weighted by atomic mass is 15.3. The monoisotopic (exact) mass is 263 g/mol. The molecular formula is C14H25N5. The fourth-order valence-corrected chi connectivity index (χ4v) is 2.70. The molecule has 2 rings (SSSR count). The van der Waals surface area contributed by atoms with Crippen molar-refractivity contribution >= 4 is 11.6 Å². The van der Waals surface area contributed by atoms with E-state index in [0.29, 0.717) is 11.9 Å². The molecule has 1 aliphatic rings. The number of hydrogen-bond acceptors (Lipinski definition) is 5. The van der Waals surface area contributed by atoms with Gasteiger partial charge in [-0.3, -0.25) is 0 Å². The first-order valence-electron chi connectivity index (χ1n) is 7.29. The Morgan fingerprint density at radius 1 is 0.947 bits per heavy atom. The molecule has 0 atom stereocenters. The van der Waals surface area contributed by atoms with Crippen LogP contribution in [0, 0.1) is 13.8 Å². The number of nitrogens with two attached hydrogens (primary N) is 1. The van der Waals surface area contributed by atoms with Crippen LogP contribution in [0.1, 0.15) is 56.3 Å². The number of aryl methyl sites for hydroxylation is 1. The zero-order valence-corrected chi connectivity index (χ0v) is 12.0. The van der Waals surface area contributed by atoms with Crippen molar-refractivity contribution < 1.29 is 0 Å². The molecule has 1 fully saturated rings. The van der Waals surface area contributed by atoms with E-state index < -0.39 is 0 Å². The summed E-state index contributed by atoms with van der Waals surface area (Å²) < 4.78 is 0. The topological polar surface area (TPSA) is 75.9 Å². The number of nitrogens with one attached hydrogen (secondary N) is 2. The first-order chi connectivity index (χ1) is 9.20. The van der Waals surface area contributed by atoms with Gasteiger partial charge in [-0.2, -0.15) is 0 Å². The van der Waals surface area contributed by atoms with E-state index in [4.69, 9.17) is 5.84 Å². The molecule has 1 aliphatic carbocycles. The second kappa shape index (κ2) is 6.70. The van der Waals surface area contributed by atoms with Crippen molar-refractivity contribution in [1.82, 2.24) is 9.97 Å². The summed E-state index contributed by atoms with van der Waals surface area (Å²) in [6, 6.07) is 0.527. The molecule has 1 saturated carbocycles. The summed E-state index contributed by atoms with van der Waals surface area (Å²) in [7, 11) is 0. The normalized spacial score (nSPS) is 17.6. The van der Waals surface area contributed by atoms with Gasteiger partial charge in [-0.1, -0.05) is 32.1 Å². The highest BCUT2D eigenvalue weighted by Crippen LogP contribution is 2.24. The maximum Gasteiger partial charge on any atom is 0.148 e. The molecule has 0 unspecified atom stereocenters. The van der Waals surface area contributed by atoms with Crippen molar-refractivity contribution in [2.75, 3.05) is 10.7 Å². The van der Waals surface area contributed by atoms with Crippen LogP contribution >= 0.6 is 0 Å². The second-order valence-corrected chi connectivity index (χ2v) is 5.42. The molecule has 0 amide bonds. The fourth-order valence-electron chi connectivity index (χ4n) is 2.70. The molecule has 0 saturated heterocycles. The third-order valence-electron chi connectivity index (χ3n) is 3.84. The van der Waals surface area contributed by atoms with Gasteiger partial charge in [0, 0.05) is 11.6 Å². The van der Waals surface area contributed by atoms with E-state index in [1.165, 1.54) is 44.9 Å². The molecular weight excluding hydrogens is 238 g/mol. The molecule has 0 aromatic carbocycles. The Balaban J connectivity index is 2.10. The van der Waals surface area contributed by atoms with Gasteiger partial charge in [0.25, 0.3) is 0 Å². The van der Waals surface area contributed by atoms with Crippen LogP contribution in [0.3, 0.4) is 0 Å². The molecule has 1 heterocycles. The Bertz CT molecular complexity index is 411. The third kappa shape index (κ3) is 3.80. The predicted molar refractivity (Wildman–Crippen MR) is 79.0 cm³/mol. The Morgan fingerprint density at radius 3 is 2.16 bits per heavy atom. The standard InChI is InChI=1S/C14H25N5/c1-10-13(16-11(2)17-14(10)19-15)18-12-8-6-4-3-5-7-9-12/h12H,3-9,15H2,1-2H3,(H2,16,17,18,19). The van der Waals surface area contributed by atoms with Crippen LogP contribution in [0.2, 0.25) is 0 Å². The van der Waals surface area contributed by atoms with Gasteiger partial charge in [0.1, 0.15) is 17.5 Å². The van der Waals surface area contributed by atoms with E-state index in [0.717, 1.165) is 17.2 Å². The molecule has 5 heteroatoms. The zero-order chi connectivity index (χ0) is 13.7. The lowest BCUT2D eigenvalue weighted by Gasteiger charge is -2.23. The minimum atomic E-state index is 0.527. The van der Waals surface area contributed by atoms with Crippen molar-refractivity contribution in [1.29, 1.82) is 0 Å². The smallest absolute Gasteiger partial charge is 0.148 e. The summed E-state index contributed by atoms with van der Waals surface area (Å²) in [4.78, 5) is 8.80. The molecule has 0 bridgehead atoms. The van der Waals surface area contributed by atoms with Crippen molar-refractivity contribution in [3.63, 3.8) is 0 Å². The highest BCUT2D eigenvalue weighted by molar-refractivity contribution is 5.57. The van der Waals surface area contributed by atoms with Gasteiger partial charge in [0.05, 0.1) is 0 Å². The SMILES string of the molecule is Cc1nc(NN)c(C)c(NC2CCCCCCC2)n1. The van der Waals surface area contributed by atoms with Crippen LogP contribution in [0.25, 0.3) is 0 Å². The van der Waals surface area contributed by atoms with E-state index in [1.54, 1.807) is 0 Å². The van der Waals surface area contributed by atoms with Crippen molar-refractivity contribution in [3.8, 4) is 0 Å². The van der Waals surface area contributed by atoms with Crippen LogP contribution in [0.15, 0.2) is 0 Å². The number of aromatic nitrogens is 2. The maximum absolute atomic E-state index is 5.50. The first kappa shape index (κ1) is 14.1. The van der Waals surface area contributed by atoms with Gasteiger partial charge in [0.2, 0.25) is 0 Å². The van der Waals surface area contributed by atoms with Crippen LogP contribution < -0.4 is 16.6 Å². The minimum absolute atomic E-state index is 0.527. The number of hydrazine groups is 1. The lowest BCUT2D eigenvalue weighted by Crippen LogP contribution is -2.23. The van der Waals surface area contributed by atoms with Crippen LogP contribution in [-0.4, -0.2) is 16.0 Å². The molecule has 0 spiro atoms. The summed E-state index contributed by atoms with van der Waals surface area (Å²) >= 11 is 0. The molecule has 0 radical (unpaired) electrons. The van der Waals surface area contributed by atoms with E-state index in [9.17, 15) is 0 Å². The highest BCUT2D eigenvalue weighted by Gasteiger charge is 2.15. The Morgan fingerprint density at radius 2 is 1.53 bits per heavy atom. The molecule has 1 aromatic heterocycles. The number of rotatable bonds is 3. The molecule has 19 heavy (non-hydrogen) atoms. The second-order valence-electron chi connectivity index (χ2n) is 5.42. The largest absolute Gasteiger partial charge is 0.367 e. The summed E-state index contributed by atoms with van der Waals surface area (Å²) in [5.41, 5.74) is 3.64. The van der Waals surface area contributed by atoms with Gasteiger partial charge >= 0.3 is 0 Å². The number of nitrogens with zero attached hydrogens (tertiary/aromatic N) is 2. The van der Waals surface area contributed by atoms with Gasteiger partial charge in [0.15, 0.2) is 0 Å². The fraction of sp³-hybridized carbons (Fsp3) is 0.714. The predicted octanol–water partition coefficient (Wildman–Crippen LogP) is 2.90. The average molecular weight is 263 g/mol. The molecule has 4 N–H and O–H groups in total. The Hall–Kier alpha value is -1.36. The first-order valence-corrected chi connectivity index (χ1v) is 7.29. The van der Waals surface area contributed by atoms with Crippen LogP contribution in [0.5, 0.6) is 0 Å². The van der Waals surface area contributed by atoms with Crippen molar-refractivity contribution in [2.24, 2.45) is 5.84 Å². The summed E-state index contributed by atoms with van der Waals surface area (Å²) in [6.07, 6.45) is 9.18. The van der Waals surface area contributed by atoms with Crippen LogP contribution in [-0.2, 0) is 0 Å². The molecule has 1 aromatic rings. The Kier molecular flexibility index (Phi) is 4.96. The number of hydrogen-bond donors (Lipinski definition) is 3. The van der Waals surface area contributed by atoms with E-state index in [2.05, 4.69) is 20.7 Å². The van der Waals surface area contributed by atoms with Crippen molar-refractivity contribution in [2.45, 2.75) is 64.8 Å².